The number of carbonyl (C=O) groups is 2. The number of carbonyl (C=O) groups excluding carboxylic acids is 2. The first-order chi connectivity index (χ1) is 13.5. The Kier molecular flexibility index (Phi) is 7.90. The largest absolute Gasteiger partial charge is 0.497 e. The van der Waals surface area contributed by atoms with Gasteiger partial charge in [0.15, 0.2) is 0 Å². The van der Waals surface area contributed by atoms with E-state index in [0.717, 1.165) is 17.7 Å². The minimum atomic E-state index is -0.654. The molecule has 0 atom stereocenters. The number of aryl methyl sites for hydroxylation is 1. The zero-order chi connectivity index (χ0) is 20.4. The van der Waals surface area contributed by atoms with Gasteiger partial charge in [0.25, 0.3) is 0 Å². The summed E-state index contributed by atoms with van der Waals surface area (Å²) in [5.41, 5.74) is 8.20. The Morgan fingerprint density at radius 3 is 2.21 bits per heavy atom. The summed E-state index contributed by atoms with van der Waals surface area (Å²) >= 11 is 0. The molecule has 0 fully saturated rings. The van der Waals surface area contributed by atoms with Crippen LogP contribution in [-0.4, -0.2) is 19.1 Å². The number of hydrogen-bond donors (Lipinski definition) is 3. The van der Waals surface area contributed by atoms with Crippen LogP contribution in [0.5, 0.6) is 5.75 Å². The molecule has 0 spiro atoms. The van der Waals surface area contributed by atoms with Crippen molar-refractivity contribution in [2.45, 2.75) is 26.9 Å². The van der Waals surface area contributed by atoms with E-state index in [0.29, 0.717) is 11.4 Å². The highest BCUT2D eigenvalue weighted by atomic mass is 16.6. The second-order valence-electron chi connectivity index (χ2n) is 6.04. The van der Waals surface area contributed by atoms with Gasteiger partial charge in [-0.3, -0.25) is 4.79 Å². The van der Waals surface area contributed by atoms with Crippen LogP contribution in [0.3, 0.4) is 0 Å². The first-order valence-corrected chi connectivity index (χ1v) is 8.90. The van der Waals surface area contributed by atoms with Crippen molar-refractivity contribution in [1.29, 1.82) is 0 Å². The number of benzene rings is 2. The topological polar surface area (TPSA) is 88.7 Å². The standard InChI is InChI=1S/C21H25N3O4/c1-4-16-5-9-18(10-6-16)22-20(25)13-15(2)23-24-21(26)28-14-17-7-11-19(27-3)12-8-17/h5-13,23H,4,14H2,1-3H3,(H,22,25)(H,24,26). The average Bonchev–Trinajstić information content (AvgIpc) is 2.71. The van der Waals surface area contributed by atoms with Crippen LogP contribution in [0.1, 0.15) is 25.0 Å². The van der Waals surface area contributed by atoms with Crippen molar-refractivity contribution in [3.05, 3.63) is 71.4 Å². The lowest BCUT2D eigenvalue weighted by Gasteiger charge is -2.10. The van der Waals surface area contributed by atoms with Gasteiger partial charge in [0, 0.05) is 17.5 Å². The molecule has 0 saturated carbocycles. The minimum absolute atomic E-state index is 0.120. The van der Waals surface area contributed by atoms with Crippen LogP contribution in [-0.2, 0) is 22.6 Å². The van der Waals surface area contributed by atoms with Crippen molar-refractivity contribution < 1.29 is 19.1 Å². The highest BCUT2D eigenvalue weighted by molar-refractivity contribution is 5.99. The van der Waals surface area contributed by atoms with E-state index in [1.807, 2.05) is 36.4 Å². The van der Waals surface area contributed by atoms with Crippen molar-refractivity contribution >= 4 is 17.7 Å². The highest BCUT2D eigenvalue weighted by Gasteiger charge is 2.04. The summed E-state index contributed by atoms with van der Waals surface area (Å²) in [5.74, 6) is 0.429. The molecule has 2 aromatic rings. The van der Waals surface area contributed by atoms with Gasteiger partial charge >= 0.3 is 6.09 Å². The Labute approximate surface area is 164 Å². The van der Waals surface area contributed by atoms with Gasteiger partial charge < -0.3 is 20.2 Å². The number of hydrazine groups is 1. The quantitative estimate of drug-likeness (QED) is 0.479. The van der Waals surface area contributed by atoms with Gasteiger partial charge in [0.2, 0.25) is 5.91 Å². The summed E-state index contributed by atoms with van der Waals surface area (Å²) in [7, 11) is 1.59. The molecule has 0 aliphatic carbocycles. The summed E-state index contributed by atoms with van der Waals surface area (Å²) in [5, 5.41) is 2.76. The summed E-state index contributed by atoms with van der Waals surface area (Å²) in [6, 6.07) is 14.8. The van der Waals surface area contributed by atoms with Crippen LogP contribution in [0.25, 0.3) is 0 Å². The lowest BCUT2D eigenvalue weighted by Crippen LogP contribution is -2.36. The Hall–Kier alpha value is -3.48. The van der Waals surface area contributed by atoms with E-state index in [1.165, 1.54) is 11.6 Å². The van der Waals surface area contributed by atoms with Crippen LogP contribution < -0.4 is 20.9 Å². The molecule has 28 heavy (non-hydrogen) atoms. The SMILES string of the molecule is CCc1ccc(NC(=O)C=C(C)NNC(=O)OCc2ccc(OC)cc2)cc1. The monoisotopic (exact) mass is 383 g/mol. The fraction of sp³-hybridized carbons (Fsp3) is 0.238. The maximum atomic E-state index is 12.0. The van der Waals surface area contributed by atoms with Gasteiger partial charge in [-0.25, -0.2) is 10.2 Å². The summed E-state index contributed by atoms with van der Waals surface area (Å²) in [6.45, 7) is 3.85. The number of anilines is 1. The van der Waals surface area contributed by atoms with Gasteiger partial charge in [0.1, 0.15) is 12.4 Å². The van der Waals surface area contributed by atoms with Gasteiger partial charge in [-0.15, -0.1) is 0 Å². The van der Waals surface area contributed by atoms with Crippen molar-refractivity contribution in [2.24, 2.45) is 0 Å². The number of nitrogens with one attached hydrogen (secondary N) is 3. The lowest BCUT2D eigenvalue weighted by atomic mass is 10.1. The van der Waals surface area contributed by atoms with Crippen molar-refractivity contribution in [1.82, 2.24) is 10.9 Å². The minimum Gasteiger partial charge on any atom is -0.497 e. The molecular weight excluding hydrogens is 358 g/mol. The van der Waals surface area contributed by atoms with Crippen molar-refractivity contribution in [3.63, 3.8) is 0 Å². The molecule has 0 radical (unpaired) electrons. The van der Waals surface area contributed by atoms with E-state index in [-0.39, 0.29) is 12.5 Å². The van der Waals surface area contributed by atoms with Gasteiger partial charge in [-0.05, 0) is 48.7 Å². The third-order valence-electron chi connectivity index (χ3n) is 3.87. The second-order valence-corrected chi connectivity index (χ2v) is 6.04. The molecule has 0 bridgehead atoms. The van der Waals surface area contributed by atoms with Crippen LogP contribution in [0.4, 0.5) is 10.5 Å². The molecule has 7 nitrogen and oxygen atoms in total. The molecule has 2 amide bonds. The van der Waals surface area contributed by atoms with Gasteiger partial charge in [-0.1, -0.05) is 31.2 Å². The molecule has 0 heterocycles. The number of rotatable bonds is 8. The zero-order valence-corrected chi connectivity index (χ0v) is 16.2. The molecule has 0 unspecified atom stereocenters. The Morgan fingerprint density at radius 2 is 1.61 bits per heavy atom. The number of ether oxygens (including phenoxy) is 2. The molecule has 3 N–H and O–H groups in total. The van der Waals surface area contributed by atoms with Gasteiger partial charge in [-0.2, -0.15) is 0 Å². The van der Waals surface area contributed by atoms with Crippen molar-refractivity contribution in [2.75, 3.05) is 12.4 Å². The fourth-order valence-corrected chi connectivity index (χ4v) is 2.29. The van der Waals surface area contributed by atoms with E-state index in [2.05, 4.69) is 23.1 Å². The van der Waals surface area contributed by atoms with Crippen LogP contribution in [0.2, 0.25) is 0 Å². The van der Waals surface area contributed by atoms with Crippen LogP contribution in [0, 0.1) is 0 Å². The highest BCUT2D eigenvalue weighted by Crippen LogP contribution is 2.12. The molecular formula is C21H25N3O4. The maximum Gasteiger partial charge on any atom is 0.426 e. The first kappa shape index (κ1) is 20.8. The van der Waals surface area contributed by atoms with Crippen LogP contribution in [0.15, 0.2) is 60.3 Å². The molecule has 0 aliphatic rings. The molecule has 7 heteroatoms. The number of allylic oxidation sites excluding steroid dienone is 1. The maximum absolute atomic E-state index is 12.0. The number of methoxy groups -OCH3 is 1. The Balaban J connectivity index is 1.73. The third kappa shape index (κ3) is 7.03. The van der Waals surface area contributed by atoms with E-state index in [4.69, 9.17) is 9.47 Å². The van der Waals surface area contributed by atoms with Crippen LogP contribution >= 0.6 is 0 Å². The predicted molar refractivity (Wildman–Crippen MR) is 108 cm³/mol. The summed E-state index contributed by atoms with van der Waals surface area (Å²) in [6.07, 6.45) is 1.63. The van der Waals surface area contributed by atoms with E-state index < -0.39 is 6.09 Å². The summed E-state index contributed by atoms with van der Waals surface area (Å²) in [4.78, 5) is 23.7. The number of hydrogen-bond acceptors (Lipinski definition) is 5. The smallest absolute Gasteiger partial charge is 0.426 e. The predicted octanol–water partition coefficient (Wildman–Crippen LogP) is 3.53. The van der Waals surface area contributed by atoms with Gasteiger partial charge in [0.05, 0.1) is 7.11 Å². The molecule has 0 aliphatic heterocycles. The third-order valence-corrected chi connectivity index (χ3v) is 3.87. The normalized spacial score (nSPS) is 10.8. The molecule has 0 saturated heterocycles. The molecule has 2 aromatic carbocycles. The molecule has 0 aromatic heterocycles. The Bertz CT molecular complexity index is 815. The lowest BCUT2D eigenvalue weighted by molar-refractivity contribution is -0.112. The number of amides is 2. The average molecular weight is 383 g/mol. The Morgan fingerprint density at radius 1 is 0.964 bits per heavy atom. The van der Waals surface area contributed by atoms with E-state index >= 15 is 0 Å². The van der Waals surface area contributed by atoms with E-state index in [9.17, 15) is 9.59 Å². The first-order valence-electron chi connectivity index (χ1n) is 8.90. The van der Waals surface area contributed by atoms with Crippen molar-refractivity contribution in [3.8, 4) is 5.75 Å². The fourth-order valence-electron chi connectivity index (χ4n) is 2.29. The van der Waals surface area contributed by atoms with E-state index in [1.54, 1.807) is 26.2 Å². The second kappa shape index (κ2) is 10.6. The molecule has 2 rings (SSSR count). The summed E-state index contributed by atoms with van der Waals surface area (Å²) < 4.78 is 10.2. The zero-order valence-electron chi connectivity index (χ0n) is 16.2. The molecule has 148 valence electrons.